The van der Waals surface area contributed by atoms with Crippen LogP contribution in [-0.2, 0) is 11.0 Å². The Labute approximate surface area is 145 Å². The number of nitrogens with two attached hydrogens (primary N) is 1. The van der Waals surface area contributed by atoms with Gasteiger partial charge in [-0.15, -0.1) is 6.58 Å². The predicted octanol–water partition coefficient (Wildman–Crippen LogP) is 3.82. The van der Waals surface area contributed by atoms with E-state index in [1.165, 1.54) is 12.1 Å². The number of alkyl halides is 3. The van der Waals surface area contributed by atoms with Gasteiger partial charge in [-0.3, -0.25) is 9.59 Å². The van der Waals surface area contributed by atoms with E-state index in [0.717, 1.165) is 37.8 Å². The van der Waals surface area contributed by atoms with Gasteiger partial charge in [0.05, 0.1) is 11.1 Å². The molecule has 0 heterocycles. The molecule has 7 heteroatoms. The molecule has 1 aromatic rings. The lowest BCUT2D eigenvalue weighted by Crippen LogP contribution is -2.44. The fourth-order valence-electron chi connectivity index (χ4n) is 2.44. The van der Waals surface area contributed by atoms with E-state index in [9.17, 15) is 22.8 Å². The number of allylic oxidation sites excluding steroid dienone is 1. The zero-order valence-corrected chi connectivity index (χ0v) is 13.9. The Kier molecular flexibility index (Phi) is 8.18. The normalized spacial score (nSPS) is 12.4. The number of carbonyl (C=O) groups excluding carboxylic acids is 2. The molecule has 3 N–H and O–H groups in total. The van der Waals surface area contributed by atoms with E-state index < -0.39 is 35.2 Å². The molecule has 4 nitrogen and oxygen atoms in total. The summed E-state index contributed by atoms with van der Waals surface area (Å²) in [6, 6.07) is 3.45. The largest absolute Gasteiger partial charge is 0.417 e. The Bertz CT molecular complexity index is 600. The van der Waals surface area contributed by atoms with E-state index in [1.807, 2.05) is 6.08 Å². The Morgan fingerprint density at radius 2 is 1.80 bits per heavy atom. The van der Waals surface area contributed by atoms with Crippen molar-refractivity contribution in [2.75, 3.05) is 0 Å². The van der Waals surface area contributed by atoms with Crippen molar-refractivity contribution < 1.29 is 22.8 Å². The highest BCUT2D eigenvalue weighted by atomic mass is 19.4. The number of hydrogen-bond acceptors (Lipinski definition) is 2. The first-order valence-electron chi connectivity index (χ1n) is 8.14. The van der Waals surface area contributed by atoms with E-state index in [0.29, 0.717) is 12.8 Å². The van der Waals surface area contributed by atoms with Crippen LogP contribution in [0.2, 0.25) is 0 Å². The molecule has 138 valence electrons. The highest BCUT2D eigenvalue weighted by molar-refractivity contribution is 5.98. The van der Waals surface area contributed by atoms with Gasteiger partial charge in [-0.05, 0) is 31.4 Å². The minimum Gasteiger partial charge on any atom is -0.368 e. The standard InChI is InChI=1S/C18H23F3N2O2/c1-2-3-4-5-6-7-12-15(16(22)24)23-17(25)13-10-8-9-11-14(13)18(19,20)21/h2,8-11,15H,1,3-7,12H2,(H2,22,24)(H,23,25)/t15-/m1/s1. The molecule has 0 aliphatic rings. The van der Waals surface area contributed by atoms with E-state index in [1.54, 1.807) is 0 Å². The van der Waals surface area contributed by atoms with Crippen molar-refractivity contribution in [3.05, 3.63) is 48.0 Å². The number of rotatable bonds is 10. The van der Waals surface area contributed by atoms with Crippen LogP contribution in [0.1, 0.15) is 54.4 Å². The second kappa shape index (κ2) is 9.86. The molecular formula is C18H23F3N2O2. The summed E-state index contributed by atoms with van der Waals surface area (Å²) in [5.74, 6) is -1.72. The van der Waals surface area contributed by atoms with Gasteiger partial charge in [0.2, 0.25) is 5.91 Å². The smallest absolute Gasteiger partial charge is 0.368 e. The Morgan fingerprint density at radius 1 is 1.16 bits per heavy atom. The van der Waals surface area contributed by atoms with Gasteiger partial charge in [0.15, 0.2) is 0 Å². The van der Waals surface area contributed by atoms with Gasteiger partial charge < -0.3 is 11.1 Å². The number of halogens is 3. The van der Waals surface area contributed by atoms with Crippen LogP contribution >= 0.6 is 0 Å². The van der Waals surface area contributed by atoms with Gasteiger partial charge in [0.25, 0.3) is 5.91 Å². The summed E-state index contributed by atoms with van der Waals surface area (Å²) in [6.45, 7) is 3.63. The summed E-state index contributed by atoms with van der Waals surface area (Å²) in [5, 5.41) is 2.32. The zero-order valence-electron chi connectivity index (χ0n) is 13.9. The maximum Gasteiger partial charge on any atom is 0.417 e. The number of nitrogens with one attached hydrogen (secondary N) is 1. The monoisotopic (exact) mass is 356 g/mol. The molecule has 0 radical (unpaired) electrons. The fraction of sp³-hybridized carbons (Fsp3) is 0.444. The maximum atomic E-state index is 13.0. The zero-order chi connectivity index (χ0) is 18.9. The Balaban J connectivity index is 2.68. The first-order valence-corrected chi connectivity index (χ1v) is 8.14. The van der Waals surface area contributed by atoms with Crippen molar-refractivity contribution in [1.82, 2.24) is 5.32 Å². The summed E-state index contributed by atoms with van der Waals surface area (Å²) in [6.07, 6.45) is 1.79. The molecule has 0 unspecified atom stereocenters. The number of benzene rings is 1. The van der Waals surface area contributed by atoms with E-state index in [4.69, 9.17) is 5.73 Å². The lowest BCUT2D eigenvalue weighted by atomic mass is 10.0. The first-order chi connectivity index (χ1) is 11.8. The van der Waals surface area contributed by atoms with Crippen LogP contribution in [0.15, 0.2) is 36.9 Å². The summed E-state index contributed by atoms with van der Waals surface area (Å²) >= 11 is 0. The minimum absolute atomic E-state index is 0.295. The fourth-order valence-corrected chi connectivity index (χ4v) is 2.44. The van der Waals surface area contributed by atoms with Gasteiger partial charge >= 0.3 is 6.18 Å². The van der Waals surface area contributed by atoms with Gasteiger partial charge in [0.1, 0.15) is 6.04 Å². The average molecular weight is 356 g/mol. The van der Waals surface area contributed by atoms with Crippen LogP contribution in [0.5, 0.6) is 0 Å². The molecule has 0 saturated carbocycles. The summed E-state index contributed by atoms with van der Waals surface area (Å²) < 4.78 is 38.9. The molecule has 2 amide bonds. The molecule has 0 aromatic heterocycles. The molecule has 1 rings (SSSR count). The number of hydrogen-bond donors (Lipinski definition) is 2. The first kappa shape index (κ1) is 20.7. The van der Waals surface area contributed by atoms with Crippen LogP contribution in [0.4, 0.5) is 13.2 Å². The third kappa shape index (κ3) is 6.99. The molecule has 0 fully saturated rings. The number of primary amides is 1. The second-order valence-electron chi connectivity index (χ2n) is 5.75. The maximum absolute atomic E-state index is 13.0. The molecule has 1 aromatic carbocycles. The van der Waals surface area contributed by atoms with Gasteiger partial charge in [-0.25, -0.2) is 0 Å². The van der Waals surface area contributed by atoms with Crippen LogP contribution in [0.3, 0.4) is 0 Å². The molecule has 0 bridgehead atoms. The Morgan fingerprint density at radius 3 is 2.40 bits per heavy atom. The number of unbranched alkanes of at least 4 members (excludes halogenated alkanes) is 4. The van der Waals surface area contributed by atoms with Crippen molar-refractivity contribution in [3.8, 4) is 0 Å². The van der Waals surface area contributed by atoms with E-state index in [-0.39, 0.29) is 0 Å². The summed E-state index contributed by atoms with van der Waals surface area (Å²) in [5.41, 5.74) is 3.70. The van der Waals surface area contributed by atoms with Crippen LogP contribution in [0, 0.1) is 0 Å². The summed E-state index contributed by atoms with van der Waals surface area (Å²) in [4.78, 5) is 23.7. The highest BCUT2D eigenvalue weighted by Crippen LogP contribution is 2.31. The van der Waals surface area contributed by atoms with Crippen molar-refractivity contribution in [2.45, 2.75) is 50.7 Å². The highest BCUT2D eigenvalue weighted by Gasteiger charge is 2.35. The lowest BCUT2D eigenvalue weighted by Gasteiger charge is -2.17. The van der Waals surface area contributed by atoms with E-state index >= 15 is 0 Å². The Hall–Kier alpha value is -2.31. The lowest BCUT2D eigenvalue weighted by molar-refractivity contribution is -0.137. The molecule has 0 spiro atoms. The average Bonchev–Trinajstić information content (AvgIpc) is 2.55. The van der Waals surface area contributed by atoms with Crippen molar-refractivity contribution in [2.24, 2.45) is 5.73 Å². The predicted molar refractivity (Wildman–Crippen MR) is 89.8 cm³/mol. The van der Waals surface area contributed by atoms with Gasteiger partial charge in [-0.2, -0.15) is 13.2 Å². The van der Waals surface area contributed by atoms with Crippen LogP contribution in [0.25, 0.3) is 0 Å². The van der Waals surface area contributed by atoms with Gasteiger partial charge in [0, 0.05) is 0 Å². The minimum atomic E-state index is -4.65. The quantitative estimate of drug-likeness (QED) is 0.494. The number of amides is 2. The molecule has 0 saturated heterocycles. The molecule has 1 atom stereocenters. The topological polar surface area (TPSA) is 72.2 Å². The van der Waals surface area contributed by atoms with Crippen molar-refractivity contribution >= 4 is 11.8 Å². The van der Waals surface area contributed by atoms with Crippen LogP contribution in [-0.4, -0.2) is 17.9 Å². The molecule has 0 aliphatic heterocycles. The third-order valence-corrected chi connectivity index (χ3v) is 3.78. The molecule has 25 heavy (non-hydrogen) atoms. The van der Waals surface area contributed by atoms with Crippen molar-refractivity contribution in [1.29, 1.82) is 0 Å². The van der Waals surface area contributed by atoms with Gasteiger partial charge in [-0.1, -0.05) is 37.5 Å². The molecule has 0 aliphatic carbocycles. The molecular weight excluding hydrogens is 333 g/mol. The third-order valence-electron chi connectivity index (χ3n) is 3.78. The second-order valence-corrected chi connectivity index (χ2v) is 5.75. The SMILES string of the molecule is C=CCCCCCC[C@@H](NC(=O)c1ccccc1C(F)(F)F)C(N)=O. The van der Waals surface area contributed by atoms with E-state index in [2.05, 4.69) is 11.9 Å². The number of carbonyl (C=O) groups is 2. The van der Waals surface area contributed by atoms with Crippen molar-refractivity contribution in [3.63, 3.8) is 0 Å². The van der Waals surface area contributed by atoms with Crippen LogP contribution < -0.4 is 11.1 Å². The summed E-state index contributed by atoms with van der Waals surface area (Å²) in [7, 11) is 0.